The van der Waals surface area contributed by atoms with Crippen molar-refractivity contribution in [2.75, 3.05) is 117 Å². The molecular weight excluding hydrogens is 1200 g/mol. The van der Waals surface area contributed by atoms with E-state index >= 15 is 4.79 Å². The van der Waals surface area contributed by atoms with Gasteiger partial charge in [-0.3, -0.25) is 29.0 Å². The molecule has 474 valence electrons. The fourth-order valence-corrected chi connectivity index (χ4v) is 11.8. The number of rotatable bonds is 24. The molecule has 2 fully saturated rings. The smallest absolute Gasteiger partial charge is 0.326 e. The van der Waals surface area contributed by atoms with Crippen LogP contribution in [0.3, 0.4) is 0 Å². The number of ether oxygens (including phenoxy) is 6. The lowest BCUT2D eigenvalue weighted by Crippen LogP contribution is -2.56. The predicted octanol–water partition coefficient (Wildman–Crippen LogP) is 8.04. The summed E-state index contributed by atoms with van der Waals surface area (Å²) in [6.45, 7) is 7.65. The third-order valence-electron chi connectivity index (χ3n) is 15.8. The Balaban J connectivity index is 0.629. The first-order valence-corrected chi connectivity index (χ1v) is 30.7. The molecule has 2 bridgehead atoms. The van der Waals surface area contributed by atoms with Crippen LogP contribution in [0.15, 0.2) is 96.1 Å². The molecule has 0 unspecified atom stereocenters. The SMILES string of the molecule is COc1ccc(C2=N[C@@H](c3ccc(Cl)cc3)[C@@H](c3ccc(Cl)cc3)N2C(=O)N2CCN(CCOCCOCCOCCOCCC(=O)NCCn3nc4c(c3C#N)-c3cnc(N)c(n3)N3CCC[C@@H]3c3cc(F)ccc3C(=O)N(C)C4)C(=O)C2)c(OC(C)C)c1. The molecule has 2 saturated heterocycles. The first kappa shape index (κ1) is 64.5. The number of carbonyl (C=O) groups is 4. The Kier molecular flexibility index (Phi) is 21.5. The second-order valence-corrected chi connectivity index (χ2v) is 23.1. The van der Waals surface area contributed by atoms with Crippen LogP contribution in [0.1, 0.15) is 95.2 Å². The Morgan fingerprint density at radius 2 is 1.51 bits per heavy atom. The largest absolute Gasteiger partial charge is 0.497 e. The number of benzene rings is 4. The van der Waals surface area contributed by atoms with E-state index in [1.54, 1.807) is 65.3 Å². The summed E-state index contributed by atoms with van der Waals surface area (Å²) < 4.78 is 50.8. The number of amides is 5. The summed E-state index contributed by atoms with van der Waals surface area (Å²) in [7, 11) is 3.20. The number of nitrogens with one attached hydrogen (secondary N) is 1. The van der Waals surface area contributed by atoms with Crippen molar-refractivity contribution in [2.45, 2.75) is 70.4 Å². The number of carbonyl (C=O) groups excluding carboxylic acids is 4. The topological polar surface area (TPSA) is 258 Å². The Labute approximate surface area is 531 Å². The van der Waals surface area contributed by atoms with Crippen LogP contribution in [0.4, 0.5) is 20.8 Å². The van der Waals surface area contributed by atoms with Crippen molar-refractivity contribution in [3.63, 3.8) is 0 Å². The van der Waals surface area contributed by atoms with Crippen molar-refractivity contribution < 1.29 is 52.0 Å². The third kappa shape index (κ3) is 15.1. The molecule has 4 aliphatic rings. The van der Waals surface area contributed by atoms with E-state index in [2.05, 4.69) is 16.4 Å². The predicted molar refractivity (Wildman–Crippen MR) is 334 cm³/mol. The van der Waals surface area contributed by atoms with Crippen LogP contribution in [0.25, 0.3) is 11.3 Å². The zero-order valence-electron chi connectivity index (χ0n) is 50.6. The molecule has 5 amide bonds. The van der Waals surface area contributed by atoms with E-state index in [1.807, 2.05) is 49.1 Å². The maximum atomic E-state index is 15.1. The quantitative estimate of drug-likeness (QED) is 0.0543. The average Bonchev–Trinajstić information content (AvgIpc) is 1.59. The molecule has 4 aliphatic heterocycles. The number of methoxy groups -OCH3 is 1. The number of fused-ring (bicyclic) bond motifs is 8. The van der Waals surface area contributed by atoms with Gasteiger partial charge >= 0.3 is 6.03 Å². The number of urea groups is 1. The molecule has 10 rings (SSSR count). The minimum atomic E-state index is -0.627. The number of aliphatic imine (C=N–C) groups is 1. The van der Waals surface area contributed by atoms with Gasteiger partial charge in [-0.1, -0.05) is 47.5 Å². The number of nitriles is 1. The van der Waals surface area contributed by atoms with E-state index in [0.29, 0.717) is 119 Å². The summed E-state index contributed by atoms with van der Waals surface area (Å²) in [6.07, 6.45) is 2.76. The molecule has 4 aromatic carbocycles. The van der Waals surface area contributed by atoms with Crippen molar-refractivity contribution in [1.29, 1.82) is 5.26 Å². The highest BCUT2D eigenvalue weighted by molar-refractivity contribution is 6.30. The van der Waals surface area contributed by atoms with Gasteiger partial charge in [-0.15, -0.1) is 0 Å². The number of halogens is 3. The zero-order chi connectivity index (χ0) is 63.4. The highest BCUT2D eigenvalue weighted by Gasteiger charge is 2.46. The second-order valence-electron chi connectivity index (χ2n) is 22.2. The highest BCUT2D eigenvalue weighted by Crippen LogP contribution is 2.47. The van der Waals surface area contributed by atoms with Crippen molar-refractivity contribution in [3.05, 3.63) is 146 Å². The Morgan fingerprint density at radius 1 is 0.833 bits per heavy atom. The van der Waals surface area contributed by atoms with E-state index in [9.17, 15) is 24.0 Å². The molecule has 0 saturated carbocycles. The van der Waals surface area contributed by atoms with Crippen LogP contribution in [-0.4, -0.2) is 181 Å². The summed E-state index contributed by atoms with van der Waals surface area (Å²) >= 11 is 12.7. The summed E-state index contributed by atoms with van der Waals surface area (Å²) in [5.41, 5.74) is 10.8. The Hall–Kier alpha value is -8.44. The fourth-order valence-electron chi connectivity index (χ4n) is 11.5. The lowest BCUT2D eigenvalue weighted by atomic mass is 9.93. The lowest BCUT2D eigenvalue weighted by Gasteiger charge is -2.38. The number of amidine groups is 1. The zero-order valence-corrected chi connectivity index (χ0v) is 52.1. The van der Waals surface area contributed by atoms with Crippen LogP contribution in [0.2, 0.25) is 10.0 Å². The number of nitrogens with two attached hydrogens (primary N) is 1. The molecule has 6 heterocycles. The van der Waals surface area contributed by atoms with Gasteiger partial charge in [0.2, 0.25) is 11.8 Å². The van der Waals surface area contributed by atoms with Crippen molar-refractivity contribution in [3.8, 4) is 28.8 Å². The molecule has 6 aromatic rings. The summed E-state index contributed by atoms with van der Waals surface area (Å²) in [5, 5.41) is 19.2. The first-order valence-electron chi connectivity index (χ1n) is 29.9. The van der Waals surface area contributed by atoms with Gasteiger partial charge in [-0.25, -0.2) is 19.2 Å². The number of hydrogen-bond donors (Lipinski definition) is 2. The van der Waals surface area contributed by atoms with Crippen LogP contribution in [-0.2, 0) is 41.6 Å². The minimum Gasteiger partial charge on any atom is -0.497 e. The maximum absolute atomic E-state index is 15.1. The molecule has 0 spiro atoms. The van der Waals surface area contributed by atoms with Gasteiger partial charge in [0, 0.05) is 67.9 Å². The summed E-state index contributed by atoms with van der Waals surface area (Å²) in [5.74, 6) is 0.708. The molecule has 26 heteroatoms. The fraction of sp³-hybridized carbons (Fsp3) is 0.422. The molecule has 23 nitrogen and oxygen atoms in total. The number of hydrogen-bond acceptors (Lipinski definition) is 17. The van der Waals surface area contributed by atoms with Crippen molar-refractivity contribution in [2.24, 2.45) is 4.99 Å². The highest BCUT2D eigenvalue weighted by atomic mass is 35.5. The Bertz CT molecular complexity index is 3630. The van der Waals surface area contributed by atoms with Gasteiger partial charge in [-0.05, 0) is 98.0 Å². The van der Waals surface area contributed by atoms with Gasteiger partial charge in [0.1, 0.15) is 47.5 Å². The number of aromatic nitrogens is 4. The third-order valence-corrected chi connectivity index (χ3v) is 16.4. The van der Waals surface area contributed by atoms with E-state index in [1.165, 1.54) is 34.0 Å². The normalized spacial score (nSPS) is 17.3. The van der Waals surface area contributed by atoms with Gasteiger partial charge in [0.05, 0.1) is 120 Å². The molecule has 2 aromatic heterocycles. The molecule has 90 heavy (non-hydrogen) atoms. The number of piperazine rings is 1. The van der Waals surface area contributed by atoms with Gasteiger partial charge in [0.25, 0.3) is 5.91 Å². The summed E-state index contributed by atoms with van der Waals surface area (Å²) in [6, 6.07) is 24.6. The van der Waals surface area contributed by atoms with Gasteiger partial charge in [0.15, 0.2) is 11.6 Å². The second kappa shape index (κ2) is 29.9. The lowest BCUT2D eigenvalue weighted by molar-refractivity contribution is -0.135. The molecule has 0 aliphatic carbocycles. The number of nitrogen functional groups attached to an aromatic ring is 1. The minimum absolute atomic E-state index is 0.00361. The van der Waals surface area contributed by atoms with Crippen LogP contribution >= 0.6 is 23.2 Å². The van der Waals surface area contributed by atoms with Crippen LogP contribution in [0, 0.1) is 17.1 Å². The van der Waals surface area contributed by atoms with Crippen molar-refractivity contribution >= 4 is 64.4 Å². The monoisotopic (exact) mass is 1270 g/mol. The molecule has 0 radical (unpaired) electrons. The van der Waals surface area contributed by atoms with Gasteiger partial charge < -0.3 is 59.1 Å². The summed E-state index contributed by atoms with van der Waals surface area (Å²) in [4.78, 5) is 78.6. The van der Waals surface area contributed by atoms with Gasteiger partial charge in [-0.2, -0.15) is 10.4 Å². The van der Waals surface area contributed by atoms with Crippen LogP contribution < -0.4 is 25.4 Å². The average molecular weight is 1270 g/mol. The molecular formula is C64H72Cl2FN13O10. The standard InChI is InChI=1S/C64H72Cl2FN13O10/c1-40(2)90-54-35-46(85-4)16-18-48(54)61-73-58(41-7-11-43(65)12-8-41)59(42-9-13-44(66)14-10-42)80(61)64(84)77-24-23-76(56(82)39-77)25-27-87-29-31-89-33-32-88-30-28-86-26-19-55(81)70-20-22-79-53(36-68)57-50-37-71-60(69)62(72-50)78-21-5-6-52(78)49-34-45(67)15-17-47(49)63(83)75(3)38-51(57)74-79/h7-18,34-35,37,40,52,58-59H,5-6,19-33,38-39H2,1-4H3,(H2,69,71)(H,70,81)/t52-,58+,59-/m1/s1. The van der Waals surface area contributed by atoms with E-state index in [-0.39, 0.29) is 113 Å². The van der Waals surface area contributed by atoms with E-state index in [0.717, 1.165) is 17.5 Å². The number of anilines is 2. The maximum Gasteiger partial charge on any atom is 0.326 e. The first-order chi connectivity index (χ1) is 43.6. The van der Waals surface area contributed by atoms with Crippen LogP contribution in [0.5, 0.6) is 11.5 Å². The van der Waals surface area contributed by atoms with E-state index < -0.39 is 17.9 Å². The molecule has 3 N–H and O–H groups in total. The Morgan fingerprint density at radius 3 is 2.19 bits per heavy atom. The number of nitrogens with zero attached hydrogens (tertiary/aromatic N) is 11. The molecule has 3 atom stereocenters. The van der Waals surface area contributed by atoms with E-state index in [4.69, 9.17) is 72.4 Å². The van der Waals surface area contributed by atoms with Crippen molar-refractivity contribution in [1.82, 2.24) is 44.7 Å².